The van der Waals surface area contributed by atoms with Crippen LogP contribution in [-0.4, -0.2) is 15.9 Å². The Kier molecular flexibility index (Phi) is 6.87. The number of anilines is 1. The maximum absolute atomic E-state index is 2.71. The molecule has 2 nitrogen and oxygen atoms in total. The molecule has 0 saturated carbocycles. The number of nitrogens with zero attached hydrogens (tertiary/aromatic N) is 2. The van der Waals surface area contributed by atoms with E-state index in [0.29, 0.717) is 17.2 Å². The summed E-state index contributed by atoms with van der Waals surface area (Å²) in [6.07, 6.45) is 36.3. The molecule has 3 aromatic carbocycles. The molecule has 3 unspecified atom stereocenters. The van der Waals surface area contributed by atoms with E-state index >= 15 is 0 Å². The molecule has 0 amide bonds. The van der Waals surface area contributed by atoms with Crippen LogP contribution in [0.1, 0.15) is 56.1 Å². The molecule has 0 bridgehead atoms. The Morgan fingerprint density at radius 2 is 1.61 bits per heavy atom. The van der Waals surface area contributed by atoms with Crippen molar-refractivity contribution in [3.63, 3.8) is 0 Å². The second-order valence-electron chi connectivity index (χ2n) is 14.9. The Hall–Kier alpha value is -4.99. The van der Waals surface area contributed by atoms with Crippen LogP contribution in [0.15, 0.2) is 167 Å². The summed E-state index contributed by atoms with van der Waals surface area (Å²) in [4.78, 5) is 4.22. The van der Waals surface area contributed by atoms with E-state index < -0.39 is 0 Å². The van der Waals surface area contributed by atoms with E-state index in [9.17, 15) is 0 Å². The van der Waals surface area contributed by atoms with Gasteiger partial charge in [-0.1, -0.05) is 97.1 Å². The predicted molar refractivity (Wildman–Crippen MR) is 218 cm³/mol. The Balaban J connectivity index is 0.967. The average molecular weight is 677 g/mol. The van der Waals surface area contributed by atoms with Gasteiger partial charge in [0, 0.05) is 49.5 Å². The van der Waals surface area contributed by atoms with Crippen molar-refractivity contribution in [2.45, 2.75) is 56.2 Å². The quantitative estimate of drug-likeness (QED) is 0.213. The van der Waals surface area contributed by atoms with Crippen molar-refractivity contribution in [3.05, 3.63) is 178 Å². The van der Waals surface area contributed by atoms with Crippen molar-refractivity contribution in [1.29, 1.82) is 0 Å². The molecular weight excluding hydrogens is 637 g/mol. The lowest BCUT2D eigenvalue weighted by molar-refractivity contribution is 0.641. The summed E-state index contributed by atoms with van der Waals surface area (Å²) in [7, 11) is 0. The molecule has 3 heteroatoms. The standard InChI is InChI=1S/C48H40N2S/c1-2-11-31(12-3-1)32-21-25-35(26-22-32)49-41-16-7-4-13-36(41)39-29-33(23-27-43(39)49)34-24-28-44-40(30-34)37-14-5-8-17-42(37)50(44)45-18-10-20-47-48(45)38-15-6-9-19-46(38)51-47/h1-2,4-5,7-11,13-14,16-21,23-25,27,29-30,44,47-48H,3,6,12,15,22,26,28H2. The second kappa shape index (κ2) is 11.8. The molecule has 0 N–H and O–H groups in total. The molecule has 1 aromatic heterocycles. The maximum Gasteiger partial charge on any atom is 0.0630 e. The number of hydrogen-bond donors (Lipinski definition) is 0. The first-order valence-corrected chi connectivity index (χ1v) is 19.7. The number of thioether (sulfide) groups is 1. The van der Waals surface area contributed by atoms with Gasteiger partial charge in [0.05, 0.1) is 17.1 Å². The zero-order valence-corrected chi connectivity index (χ0v) is 29.6. The van der Waals surface area contributed by atoms with Gasteiger partial charge in [0.2, 0.25) is 0 Å². The summed E-state index contributed by atoms with van der Waals surface area (Å²) in [5.74, 6) is 0.459. The van der Waals surface area contributed by atoms with Gasteiger partial charge in [-0.25, -0.2) is 0 Å². The van der Waals surface area contributed by atoms with Crippen molar-refractivity contribution in [2.24, 2.45) is 5.92 Å². The van der Waals surface area contributed by atoms with Crippen LogP contribution in [0.25, 0.3) is 38.6 Å². The van der Waals surface area contributed by atoms with E-state index in [1.165, 1.54) is 83.6 Å². The molecule has 3 heterocycles. The highest BCUT2D eigenvalue weighted by Gasteiger charge is 2.44. The third-order valence-corrected chi connectivity index (χ3v) is 13.5. The topological polar surface area (TPSA) is 8.17 Å². The van der Waals surface area contributed by atoms with E-state index in [1.54, 1.807) is 5.57 Å². The highest BCUT2D eigenvalue weighted by Crippen LogP contribution is 2.56. The summed E-state index contributed by atoms with van der Waals surface area (Å²) >= 11 is 2.07. The normalized spacial score (nSPS) is 24.8. The fraction of sp³-hybridized carbons (Fsp3) is 0.208. The number of allylic oxidation sites excluding steroid dienone is 15. The molecule has 51 heavy (non-hydrogen) atoms. The third-order valence-electron chi connectivity index (χ3n) is 12.2. The number of fused-ring (bicyclic) bond motifs is 8. The largest absolute Gasteiger partial charge is 0.336 e. The van der Waals surface area contributed by atoms with Crippen molar-refractivity contribution >= 4 is 56.1 Å². The first-order chi connectivity index (χ1) is 25.3. The molecular formula is C48H40N2S. The summed E-state index contributed by atoms with van der Waals surface area (Å²) in [6, 6.07) is 25.6. The van der Waals surface area contributed by atoms with Crippen molar-refractivity contribution in [1.82, 2.24) is 4.57 Å². The van der Waals surface area contributed by atoms with Gasteiger partial charge in [0.1, 0.15) is 0 Å². The van der Waals surface area contributed by atoms with Crippen molar-refractivity contribution in [3.8, 4) is 0 Å². The zero-order valence-electron chi connectivity index (χ0n) is 28.8. The first kappa shape index (κ1) is 29.7. The third kappa shape index (κ3) is 4.64. The molecule has 0 fully saturated rings. The van der Waals surface area contributed by atoms with Crippen LogP contribution in [0.4, 0.5) is 5.69 Å². The van der Waals surface area contributed by atoms with E-state index in [0.717, 1.165) is 38.5 Å². The monoisotopic (exact) mass is 676 g/mol. The van der Waals surface area contributed by atoms with Crippen LogP contribution >= 0.6 is 11.8 Å². The summed E-state index contributed by atoms with van der Waals surface area (Å²) in [5, 5.41) is 3.16. The molecule has 0 saturated heterocycles. The fourth-order valence-corrected chi connectivity index (χ4v) is 11.3. The minimum absolute atomic E-state index is 0.320. The Labute approximate surface area is 304 Å². The molecule has 5 aliphatic carbocycles. The van der Waals surface area contributed by atoms with Gasteiger partial charge >= 0.3 is 0 Å². The number of rotatable bonds is 4. The Morgan fingerprint density at radius 3 is 2.53 bits per heavy atom. The first-order valence-electron chi connectivity index (χ1n) is 18.8. The summed E-state index contributed by atoms with van der Waals surface area (Å²) < 4.78 is 2.52. The molecule has 3 atom stereocenters. The highest BCUT2D eigenvalue weighted by atomic mass is 32.2. The lowest BCUT2D eigenvalue weighted by Gasteiger charge is -2.37. The minimum atomic E-state index is 0.320. The maximum atomic E-state index is 2.71. The van der Waals surface area contributed by atoms with Crippen LogP contribution in [0.2, 0.25) is 0 Å². The van der Waals surface area contributed by atoms with Gasteiger partial charge in [-0.05, 0) is 121 Å². The molecule has 0 radical (unpaired) electrons. The number of para-hydroxylation sites is 2. The second-order valence-corrected chi connectivity index (χ2v) is 16.1. The zero-order chi connectivity index (χ0) is 33.5. The van der Waals surface area contributed by atoms with Crippen LogP contribution in [0, 0.1) is 5.92 Å². The smallest absolute Gasteiger partial charge is 0.0630 e. The number of benzene rings is 3. The van der Waals surface area contributed by atoms with Crippen LogP contribution in [-0.2, 0) is 0 Å². The van der Waals surface area contributed by atoms with Crippen molar-refractivity contribution < 1.29 is 0 Å². The molecule has 11 rings (SSSR count). The minimum Gasteiger partial charge on any atom is -0.336 e. The molecule has 0 spiro atoms. The summed E-state index contributed by atoms with van der Waals surface area (Å²) in [6.45, 7) is 0. The van der Waals surface area contributed by atoms with Gasteiger partial charge in [-0.2, -0.15) is 0 Å². The van der Waals surface area contributed by atoms with Crippen molar-refractivity contribution in [2.75, 3.05) is 4.90 Å². The van der Waals surface area contributed by atoms with Crippen LogP contribution in [0.5, 0.6) is 0 Å². The van der Waals surface area contributed by atoms with Crippen LogP contribution in [0.3, 0.4) is 0 Å². The van der Waals surface area contributed by atoms with Gasteiger partial charge in [-0.3, -0.25) is 0 Å². The van der Waals surface area contributed by atoms with E-state index in [2.05, 4.69) is 161 Å². The lowest BCUT2D eigenvalue weighted by Crippen LogP contribution is -2.37. The molecule has 2 aliphatic heterocycles. The van der Waals surface area contributed by atoms with Gasteiger partial charge in [0.25, 0.3) is 0 Å². The van der Waals surface area contributed by atoms with E-state index in [4.69, 9.17) is 0 Å². The van der Waals surface area contributed by atoms with E-state index in [1.807, 2.05) is 0 Å². The summed E-state index contributed by atoms with van der Waals surface area (Å²) in [5.41, 5.74) is 17.0. The fourth-order valence-electron chi connectivity index (χ4n) is 9.81. The Bertz CT molecular complexity index is 2500. The predicted octanol–water partition coefficient (Wildman–Crippen LogP) is 12.5. The SMILES string of the molecule is C1=CCCC(C2=CC=C(n3c4ccccc4c4cc(C5=CCC6C(=C5)c5ccccc5N6C5=CC=CC6SC7=C(CCC=C7)C56)ccc43)CC2)=C1. The lowest BCUT2D eigenvalue weighted by atomic mass is 9.83. The molecule has 7 aliphatic rings. The molecule has 4 aromatic rings. The average Bonchev–Trinajstić information content (AvgIpc) is 3.86. The Morgan fingerprint density at radius 1 is 0.725 bits per heavy atom. The molecule has 248 valence electrons. The van der Waals surface area contributed by atoms with Crippen LogP contribution < -0.4 is 4.90 Å². The van der Waals surface area contributed by atoms with Gasteiger partial charge in [0.15, 0.2) is 0 Å². The van der Waals surface area contributed by atoms with E-state index in [-0.39, 0.29) is 0 Å². The number of aromatic nitrogens is 1. The highest BCUT2D eigenvalue weighted by molar-refractivity contribution is 8.04. The number of hydrogen-bond acceptors (Lipinski definition) is 2. The van der Waals surface area contributed by atoms with Gasteiger partial charge < -0.3 is 9.47 Å². The van der Waals surface area contributed by atoms with Gasteiger partial charge in [-0.15, -0.1) is 11.8 Å².